The van der Waals surface area contributed by atoms with E-state index < -0.39 is 5.69 Å². The van der Waals surface area contributed by atoms with E-state index in [-0.39, 0.29) is 5.56 Å². The van der Waals surface area contributed by atoms with Crippen molar-refractivity contribution < 1.29 is 0 Å². The van der Waals surface area contributed by atoms with Gasteiger partial charge in [0, 0.05) is 13.1 Å². The minimum absolute atomic E-state index is 0.301. The van der Waals surface area contributed by atoms with Gasteiger partial charge in [-0.15, -0.1) is 0 Å². The highest BCUT2D eigenvalue weighted by atomic mass is 16.2. The Morgan fingerprint density at radius 1 is 0.639 bits per heavy atom. The summed E-state index contributed by atoms with van der Waals surface area (Å²) in [5, 5.41) is 0. The van der Waals surface area contributed by atoms with E-state index in [1.54, 1.807) is 0 Å². The Bertz CT molecular complexity index is 1190. The van der Waals surface area contributed by atoms with Crippen LogP contribution in [0.1, 0.15) is 115 Å². The SMILES string of the molecule is CCCCCCCCCn1c(=O)nc2n(CCCCCCCCC)c3cc(C)c(C)cc3nc-2c1=O. The third kappa shape index (κ3) is 7.27. The Kier molecular flexibility index (Phi) is 11.1. The summed E-state index contributed by atoms with van der Waals surface area (Å²) in [4.78, 5) is 35.5. The van der Waals surface area contributed by atoms with E-state index in [1.807, 2.05) is 0 Å². The molecule has 0 spiro atoms. The Hall–Kier alpha value is -2.50. The minimum atomic E-state index is -0.447. The van der Waals surface area contributed by atoms with Gasteiger partial charge in [-0.25, -0.2) is 9.78 Å². The maximum absolute atomic E-state index is 13.4. The average Bonchev–Trinajstić information content (AvgIpc) is 2.86. The fraction of sp³-hybridized carbons (Fsp3) is 0.667. The summed E-state index contributed by atoms with van der Waals surface area (Å²) in [5.74, 6) is 0.433. The second-order valence-corrected chi connectivity index (χ2v) is 10.5. The smallest absolute Gasteiger partial charge is 0.322 e. The zero-order valence-electron chi connectivity index (χ0n) is 23.1. The molecule has 0 atom stereocenters. The van der Waals surface area contributed by atoms with E-state index in [1.165, 1.54) is 67.9 Å². The molecule has 2 aliphatic rings. The molecule has 0 saturated heterocycles. The van der Waals surface area contributed by atoms with E-state index in [4.69, 9.17) is 4.98 Å². The van der Waals surface area contributed by atoms with Crippen molar-refractivity contribution in [3.63, 3.8) is 0 Å². The Morgan fingerprint density at radius 2 is 1.14 bits per heavy atom. The van der Waals surface area contributed by atoms with Gasteiger partial charge in [0.1, 0.15) is 0 Å². The predicted octanol–water partition coefficient (Wildman–Crippen LogP) is 7.18. The molecule has 2 aliphatic heterocycles. The summed E-state index contributed by atoms with van der Waals surface area (Å²) in [6, 6.07) is 4.17. The number of benzene rings is 1. The van der Waals surface area contributed by atoms with Gasteiger partial charge in [0.05, 0.1) is 11.0 Å². The average molecular weight is 495 g/mol. The van der Waals surface area contributed by atoms with Gasteiger partial charge >= 0.3 is 5.69 Å². The molecule has 0 saturated carbocycles. The molecule has 0 bridgehead atoms. The Morgan fingerprint density at radius 3 is 1.72 bits per heavy atom. The molecule has 1 aromatic carbocycles. The summed E-state index contributed by atoms with van der Waals surface area (Å²) >= 11 is 0. The largest absolute Gasteiger partial charge is 0.352 e. The van der Waals surface area contributed by atoms with Gasteiger partial charge in [0.15, 0.2) is 11.5 Å². The highest BCUT2D eigenvalue weighted by molar-refractivity contribution is 5.81. The van der Waals surface area contributed by atoms with Crippen LogP contribution in [0.15, 0.2) is 21.7 Å². The summed E-state index contributed by atoms with van der Waals surface area (Å²) in [5.41, 5.74) is 3.64. The molecule has 36 heavy (non-hydrogen) atoms. The molecule has 0 aliphatic carbocycles. The van der Waals surface area contributed by atoms with Crippen molar-refractivity contribution in [1.82, 2.24) is 19.1 Å². The zero-order valence-corrected chi connectivity index (χ0v) is 23.1. The molecule has 0 aromatic heterocycles. The molecule has 1 aromatic rings. The predicted molar refractivity (Wildman–Crippen MR) is 150 cm³/mol. The molecule has 0 amide bonds. The van der Waals surface area contributed by atoms with Crippen molar-refractivity contribution in [2.75, 3.05) is 0 Å². The maximum atomic E-state index is 13.4. The molecule has 0 N–H and O–H groups in total. The van der Waals surface area contributed by atoms with Crippen molar-refractivity contribution in [2.45, 2.75) is 131 Å². The van der Waals surface area contributed by atoms with E-state index in [2.05, 4.69) is 49.4 Å². The van der Waals surface area contributed by atoms with Crippen LogP contribution in [0.2, 0.25) is 0 Å². The lowest BCUT2D eigenvalue weighted by atomic mass is 10.1. The minimum Gasteiger partial charge on any atom is -0.322 e. The molecular formula is C30H46N4O2. The van der Waals surface area contributed by atoms with Crippen LogP contribution in [-0.4, -0.2) is 19.1 Å². The van der Waals surface area contributed by atoms with Crippen LogP contribution in [0.25, 0.3) is 22.6 Å². The molecule has 3 rings (SSSR count). The Labute approximate surface area is 216 Å². The first-order valence-corrected chi connectivity index (χ1v) is 14.4. The number of rotatable bonds is 16. The number of hydrogen-bond donors (Lipinski definition) is 0. The quantitative estimate of drug-likeness (QED) is 0.156. The van der Waals surface area contributed by atoms with Crippen LogP contribution in [-0.2, 0) is 13.1 Å². The van der Waals surface area contributed by atoms with Crippen molar-refractivity contribution in [3.05, 3.63) is 44.1 Å². The fourth-order valence-corrected chi connectivity index (χ4v) is 5.00. The molecule has 198 valence electrons. The third-order valence-corrected chi connectivity index (χ3v) is 7.43. The topological polar surface area (TPSA) is 69.8 Å². The second-order valence-electron chi connectivity index (χ2n) is 10.5. The lowest BCUT2D eigenvalue weighted by Gasteiger charge is -2.19. The Balaban J connectivity index is 1.85. The van der Waals surface area contributed by atoms with E-state index in [0.717, 1.165) is 55.2 Å². The van der Waals surface area contributed by atoms with Gasteiger partial charge in [0.25, 0.3) is 5.56 Å². The number of unbranched alkanes of at least 4 members (excludes halogenated alkanes) is 12. The molecule has 0 radical (unpaired) electrons. The van der Waals surface area contributed by atoms with Gasteiger partial charge < -0.3 is 4.57 Å². The summed E-state index contributed by atoms with van der Waals surface area (Å²) in [6.45, 7) is 9.76. The molecular weight excluding hydrogens is 448 g/mol. The van der Waals surface area contributed by atoms with Crippen molar-refractivity contribution in [3.8, 4) is 11.5 Å². The van der Waals surface area contributed by atoms with Gasteiger partial charge in [-0.1, -0.05) is 90.9 Å². The molecule has 6 heteroatoms. The highest BCUT2D eigenvalue weighted by Gasteiger charge is 2.21. The van der Waals surface area contributed by atoms with Crippen LogP contribution in [0, 0.1) is 13.8 Å². The van der Waals surface area contributed by atoms with Crippen LogP contribution in [0.4, 0.5) is 0 Å². The summed E-state index contributed by atoms with van der Waals surface area (Å²) in [6.07, 6.45) is 16.4. The number of aromatic nitrogens is 4. The van der Waals surface area contributed by atoms with Crippen LogP contribution < -0.4 is 11.2 Å². The van der Waals surface area contributed by atoms with Crippen molar-refractivity contribution >= 4 is 11.0 Å². The molecule has 2 heterocycles. The normalized spacial score (nSPS) is 11.7. The van der Waals surface area contributed by atoms with Gasteiger partial charge in [0.2, 0.25) is 0 Å². The number of hydrogen-bond acceptors (Lipinski definition) is 4. The fourth-order valence-electron chi connectivity index (χ4n) is 5.00. The number of fused-ring (bicyclic) bond motifs is 2. The van der Waals surface area contributed by atoms with Crippen LogP contribution in [0.5, 0.6) is 0 Å². The maximum Gasteiger partial charge on any atom is 0.352 e. The monoisotopic (exact) mass is 494 g/mol. The van der Waals surface area contributed by atoms with E-state index >= 15 is 0 Å². The number of aryl methyl sites for hydroxylation is 3. The van der Waals surface area contributed by atoms with Gasteiger partial charge in [-0.3, -0.25) is 9.36 Å². The second kappa shape index (κ2) is 14.3. The van der Waals surface area contributed by atoms with Crippen molar-refractivity contribution in [2.24, 2.45) is 0 Å². The lowest BCUT2D eigenvalue weighted by molar-refractivity contribution is 0.524. The first kappa shape index (κ1) is 28.1. The van der Waals surface area contributed by atoms with Crippen molar-refractivity contribution in [1.29, 1.82) is 0 Å². The highest BCUT2D eigenvalue weighted by Crippen LogP contribution is 2.25. The first-order valence-electron chi connectivity index (χ1n) is 14.4. The third-order valence-electron chi connectivity index (χ3n) is 7.43. The first-order chi connectivity index (χ1) is 17.5. The van der Waals surface area contributed by atoms with Crippen LogP contribution >= 0.6 is 0 Å². The van der Waals surface area contributed by atoms with Gasteiger partial charge in [-0.2, -0.15) is 4.98 Å². The zero-order chi connectivity index (χ0) is 25.9. The molecule has 0 unspecified atom stereocenters. The summed E-state index contributed by atoms with van der Waals surface area (Å²) < 4.78 is 3.36. The molecule has 0 fully saturated rings. The van der Waals surface area contributed by atoms with Crippen LogP contribution in [0.3, 0.4) is 0 Å². The van der Waals surface area contributed by atoms with E-state index in [0.29, 0.717) is 18.1 Å². The molecule has 6 nitrogen and oxygen atoms in total. The summed E-state index contributed by atoms with van der Waals surface area (Å²) in [7, 11) is 0. The van der Waals surface area contributed by atoms with Gasteiger partial charge in [-0.05, 0) is 49.9 Å². The standard InChI is InChI=1S/C30H46N4O2/c1-5-7-9-11-13-15-17-19-33-26-22-24(4)23(3)21-25(26)31-27-28(33)32-30(36)34(29(27)35)20-18-16-14-12-10-8-6-2/h21-22H,5-20H2,1-4H3. The van der Waals surface area contributed by atoms with E-state index in [9.17, 15) is 9.59 Å². The lowest BCUT2D eigenvalue weighted by Crippen LogP contribution is -2.38. The number of nitrogens with zero attached hydrogens (tertiary/aromatic N) is 4.